The van der Waals surface area contributed by atoms with Gasteiger partial charge in [-0.25, -0.2) is 4.68 Å². The molecule has 0 radical (unpaired) electrons. The average Bonchev–Trinajstić information content (AvgIpc) is 3.12. The van der Waals surface area contributed by atoms with Crippen molar-refractivity contribution in [2.45, 2.75) is 26.8 Å². The molecular formula is C20H18F3N3O2. The number of nitrogens with zero attached hydrogens (tertiary/aromatic N) is 2. The molecule has 146 valence electrons. The van der Waals surface area contributed by atoms with Crippen LogP contribution in [-0.2, 0) is 12.9 Å². The van der Waals surface area contributed by atoms with Crippen LogP contribution in [0.1, 0.15) is 27.2 Å². The molecule has 0 atom stereocenters. The zero-order valence-corrected chi connectivity index (χ0v) is 15.2. The number of aromatic nitrogens is 2. The van der Waals surface area contributed by atoms with E-state index >= 15 is 0 Å². The second-order valence-corrected chi connectivity index (χ2v) is 6.31. The highest BCUT2D eigenvalue weighted by atomic mass is 19.4. The van der Waals surface area contributed by atoms with Crippen LogP contribution >= 0.6 is 0 Å². The molecule has 0 saturated heterocycles. The fraction of sp³-hybridized carbons (Fsp3) is 0.200. The van der Waals surface area contributed by atoms with Crippen LogP contribution in [-0.4, -0.2) is 15.7 Å². The third-order valence-corrected chi connectivity index (χ3v) is 4.04. The van der Waals surface area contributed by atoms with E-state index < -0.39 is 11.7 Å². The Labute approximate surface area is 159 Å². The Morgan fingerprint density at radius 3 is 2.68 bits per heavy atom. The van der Waals surface area contributed by atoms with Crippen LogP contribution in [0.2, 0.25) is 0 Å². The fourth-order valence-corrected chi connectivity index (χ4v) is 2.51. The molecule has 1 heterocycles. The van der Waals surface area contributed by atoms with Crippen LogP contribution < -0.4 is 10.1 Å². The minimum atomic E-state index is -4.44. The van der Waals surface area contributed by atoms with Gasteiger partial charge in [0.15, 0.2) is 12.4 Å². The Morgan fingerprint density at radius 2 is 1.93 bits per heavy atom. The highest BCUT2D eigenvalue weighted by Crippen LogP contribution is 2.31. The van der Waals surface area contributed by atoms with Crippen LogP contribution in [0.3, 0.4) is 0 Å². The number of hydrogen-bond donors (Lipinski definition) is 1. The third kappa shape index (κ3) is 4.70. The summed E-state index contributed by atoms with van der Waals surface area (Å²) >= 11 is 0. The summed E-state index contributed by atoms with van der Waals surface area (Å²) < 4.78 is 44.9. The normalized spacial score (nSPS) is 11.3. The second kappa shape index (κ2) is 7.75. The number of carbonyl (C=O) groups excluding carboxylic acids is 1. The van der Waals surface area contributed by atoms with E-state index in [1.807, 2.05) is 32.0 Å². The van der Waals surface area contributed by atoms with Gasteiger partial charge in [0.2, 0.25) is 0 Å². The molecule has 0 aliphatic carbocycles. The molecule has 0 saturated carbocycles. The minimum Gasteiger partial charge on any atom is -0.471 e. The molecule has 5 nitrogen and oxygen atoms in total. The molecule has 0 aliphatic heterocycles. The molecule has 0 unspecified atom stereocenters. The molecule has 1 amide bonds. The maximum atomic E-state index is 12.7. The topological polar surface area (TPSA) is 56.2 Å². The number of ether oxygens (including phenoxy) is 1. The van der Waals surface area contributed by atoms with Gasteiger partial charge in [-0.05, 0) is 55.3 Å². The van der Waals surface area contributed by atoms with E-state index in [9.17, 15) is 18.0 Å². The lowest BCUT2D eigenvalue weighted by Crippen LogP contribution is -2.15. The second-order valence-electron chi connectivity index (χ2n) is 6.31. The van der Waals surface area contributed by atoms with Gasteiger partial charge in [0.05, 0.1) is 5.56 Å². The van der Waals surface area contributed by atoms with Gasteiger partial charge in [-0.1, -0.05) is 18.2 Å². The number of alkyl halides is 3. The van der Waals surface area contributed by atoms with Gasteiger partial charge >= 0.3 is 6.18 Å². The van der Waals surface area contributed by atoms with E-state index in [0.717, 1.165) is 23.3 Å². The van der Waals surface area contributed by atoms with E-state index in [-0.39, 0.29) is 24.1 Å². The Hall–Kier alpha value is -3.29. The maximum absolute atomic E-state index is 12.7. The van der Waals surface area contributed by atoms with Crippen molar-refractivity contribution in [3.8, 4) is 5.75 Å². The minimum absolute atomic E-state index is 0.0618. The number of amides is 1. The van der Waals surface area contributed by atoms with Crippen molar-refractivity contribution in [3.05, 3.63) is 77.1 Å². The number of hydrogen-bond acceptors (Lipinski definition) is 3. The number of anilines is 1. The summed E-state index contributed by atoms with van der Waals surface area (Å²) in [6.45, 7) is 3.68. The lowest BCUT2D eigenvalue weighted by Gasteiger charge is -2.10. The number of halogens is 3. The molecule has 0 bridgehead atoms. The maximum Gasteiger partial charge on any atom is 0.416 e. The summed E-state index contributed by atoms with van der Waals surface area (Å²) in [5.41, 5.74) is 2.01. The Balaban J connectivity index is 1.64. The number of benzene rings is 2. The van der Waals surface area contributed by atoms with Crippen molar-refractivity contribution in [2.75, 3.05) is 5.32 Å². The summed E-state index contributed by atoms with van der Waals surface area (Å²) in [5, 5.41) is 6.90. The van der Waals surface area contributed by atoms with Gasteiger partial charge < -0.3 is 10.1 Å². The van der Waals surface area contributed by atoms with Gasteiger partial charge in [0.1, 0.15) is 5.75 Å². The van der Waals surface area contributed by atoms with Crippen LogP contribution in [0.15, 0.2) is 54.7 Å². The van der Waals surface area contributed by atoms with Gasteiger partial charge in [-0.3, -0.25) is 4.79 Å². The van der Waals surface area contributed by atoms with Crippen LogP contribution in [0.5, 0.6) is 5.75 Å². The largest absolute Gasteiger partial charge is 0.471 e. The Kier molecular flexibility index (Phi) is 5.39. The zero-order chi connectivity index (χ0) is 20.3. The first-order valence-electron chi connectivity index (χ1n) is 8.44. The molecule has 8 heteroatoms. The van der Waals surface area contributed by atoms with Crippen molar-refractivity contribution in [1.82, 2.24) is 9.78 Å². The summed E-state index contributed by atoms with van der Waals surface area (Å²) in [7, 11) is 0. The van der Waals surface area contributed by atoms with Crippen molar-refractivity contribution in [2.24, 2.45) is 0 Å². The van der Waals surface area contributed by atoms with Crippen LogP contribution in [0, 0.1) is 13.8 Å². The van der Waals surface area contributed by atoms with E-state index in [0.29, 0.717) is 5.69 Å². The summed E-state index contributed by atoms with van der Waals surface area (Å²) in [5.74, 6) is -0.321. The first-order valence-corrected chi connectivity index (χ1v) is 8.44. The summed E-state index contributed by atoms with van der Waals surface area (Å²) in [6, 6.07) is 11.8. The molecule has 2 aromatic carbocycles. The quantitative estimate of drug-likeness (QED) is 0.682. The Bertz CT molecular complexity index is 996. The molecular weight excluding hydrogens is 371 g/mol. The fourth-order valence-electron chi connectivity index (χ4n) is 2.51. The molecule has 3 rings (SSSR count). The van der Waals surface area contributed by atoms with Gasteiger partial charge in [-0.2, -0.15) is 18.3 Å². The van der Waals surface area contributed by atoms with Crippen LogP contribution in [0.4, 0.5) is 18.9 Å². The molecule has 0 fully saturated rings. The predicted molar refractivity (Wildman–Crippen MR) is 98.2 cm³/mol. The first-order chi connectivity index (χ1) is 13.2. The molecule has 1 aromatic heterocycles. The van der Waals surface area contributed by atoms with Gasteiger partial charge in [0.25, 0.3) is 5.91 Å². The van der Waals surface area contributed by atoms with E-state index in [1.54, 1.807) is 0 Å². The highest BCUT2D eigenvalue weighted by Gasteiger charge is 2.30. The van der Waals surface area contributed by atoms with Gasteiger partial charge in [-0.15, -0.1) is 0 Å². The van der Waals surface area contributed by atoms with E-state index in [4.69, 9.17) is 4.74 Å². The number of carbonyl (C=O) groups is 1. The first kappa shape index (κ1) is 19.5. The van der Waals surface area contributed by atoms with Crippen LogP contribution in [0.25, 0.3) is 0 Å². The van der Waals surface area contributed by atoms with Crippen molar-refractivity contribution < 1.29 is 22.7 Å². The number of nitrogens with one attached hydrogen (secondary N) is 1. The summed E-state index contributed by atoms with van der Waals surface area (Å²) in [6.07, 6.45) is -2.92. The zero-order valence-electron chi connectivity index (χ0n) is 15.2. The molecule has 28 heavy (non-hydrogen) atoms. The molecule has 1 N–H and O–H groups in total. The third-order valence-electron chi connectivity index (χ3n) is 4.04. The molecule has 0 aliphatic rings. The smallest absolute Gasteiger partial charge is 0.416 e. The number of rotatable bonds is 5. The monoisotopic (exact) mass is 389 g/mol. The highest BCUT2D eigenvalue weighted by molar-refractivity contribution is 6.03. The Morgan fingerprint density at radius 1 is 1.14 bits per heavy atom. The standard InChI is InChI=1S/C20H18F3N3O2/c1-13-6-7-14(2)18(10-13)24-19(27)17-8-9-26(25-17)12-28-16-5-3-4-15(11-16)20(21,22)23/h3-11H,12H2,1-2H3,(H,24,27). The van der Waals surface area contributed by atoms with Crippen molar-refractivity contribution in [3.63, 3.8) is 0 Å². The van der Waals surface area contributed by atoms with Crippen molar-refractivity contribution >= 4 is 11.6 Å². The average molecular weight is 389 g/mol. The van der Waals surface area contributed by atoms with E-state index in [2.05, 4.69) is 10.4 Å². The molecule has 0 spiro atoms. The molecule has 3 aromatic rings. The predicted octanol–water partition coefficient (Wildman–Crippen LogP) is 4.81. The van der Waals surface area contributed by atoms with E-state index in [1.165, 1.54) is 29.1 Å². The van der Waals surface area contributed by atoms with Crippen molar-refractivity contribution in [1.29, 1.82) is 0 Å². The lowest BCUT2D eigenvalue weighted by molar-refractivity contribution is -0.137. The SMILES string of the molecule is Cc1ccc(C)c(NC(=O)c2ccn(COc3cccc(C(F)(F)F)c3)n2)c1. The lowest BCUT2D eigenvalue weighted by atomic mass is 10.1. The number of aryl methyl sites for hydroxylation is 2. The van der Waals surface area contributed by atoms with Gasteiger partial charge in [0, 0.05) is 11.9 Å². The summed E-state index contributed by atoms with van der Waals surface area (Å²) in [4.78, 5) is 12.4.